The summed E-state index contributed by atoms with van der Waals surface area (Å²) in [5, 5.41) is 13.1. The van der Waals surface area contributed by atoms with E-state index < -0.39 is 11.0 Å². The average Bonchev–Trinajstić information content (AvgIpc) is 3.58. The van der Waals surface area contributed by atoms with Gasteiger partial charge in [0.15, 0.2) is 0 Å². The number of benzene rings is 1. The Bertz CT molecular complexity index is 1280. The van der Waals surface area contributed by atoms with Gasteiger partial charge in [0.1, 0.15) is 12.4 Å². The number of nitrogens with one attached hydrogen (secondary N) is 4. The van der Waals surface area contributed by atoms with Gasteiger partial charge < -0.3 is 26.2 Å². The van der Waals surface area contributed by atoms with E-state index in [4.69, 9.17) is 0 Å². The molecule has 7 rings (SSSR count). The molecule has 39 heavy (non-hydrogen) atoms. The van der Waals surface area contributed by atoms with Gasteiger partial charge in [0.05, 0.1) is 16.5 Å². The number of amides is 3. The predicted octanol–water partition coefficient (Wildman–Crippen LogP) is 3.05. The molecule has 2 saturated carbocycles. The van der Waals surface area contributed by atoms with Crippen molar-refractivity contribution in [3.8, 4) is 0 Å². The Morgan fingerprint density at radius 1 is 0.949 bits per heavy atom. The number of rotatable bonds is 3. The second-order valence-corrected chi connectivity index (χ2v) is 12.7. The molecule has 1 aromatic carbocycles. The third-order valence-corrected chi connectivity index (χ3v) is 10.4. The van der Waals surface area contributed by atoms with E-state index in [0.29, 0.717) is 12.8 Å². The third kappa shape index (κ3) is 3.93. The number of carbonyl (C=O) groups is 3. The van der Waals surface area contributed by atoms with Crippen molar-refractivity contribution in [2.75, 3.05) is 25.0 Å². The van der Waals surface area contributed by atoms with Crippen molar-refractivity contribution >= 4 is 23.4 Å². The quantitative estimate of drug-likeness (QED) is 0.482. The van der Waals surface area contributed by atoms with E-state index in [0.717, 1.165) is 92.7 Å². The van der Waals surface area contributed by atoms with E-state index in [-0.39, 0.29) is 29.8 Å². The highest BCUT2D eigenvalue weighted by Crippen LogP contribution is 2.48. The van der Waals surface area contributed by atoms with Crippen molar-refractivity contribution < 1.29 is 14.4 Å². The molecule has 4 N–H and O–H groups in total. The number of anilines is 1. The molecular weight excluding hydrogens is 490 g/mol. The molecule has 0 unspecified atom stereocenters. The number of carbonyl (C=O) groups excluding carboxylic acids is 3. The molecule has 8 nitrogen and oxygen atoms in total. The maximum Gasteiger partial charge on any atom is 0.244 e. The molecule has 206 valence electrons. The van der Waals surface area contributed by atoms with Crippen molar-refractivity contribution in [1.29, 1.82) is 0 Å². The predicted molar refractivity (Wildman–Crippen MR) is 149 cm³/mol. The fourth-order valence-corrected chi connectivity index (χ4v) is 8.25. The molecule has 1 atom stereocenters. The Morgan fingerprint density at radius 3 is 2.49 bits per heavy atom. The molecule has 0 radical (unpaired) electrons. The number of hydrogen-bond donors (Lipinski definition) is 4. The normalized spacial score (nSPS) is 28.5. The maximum absolute atomic E-state index is 14.0. The first-order chi connectivity index (χ1) is 18.9. The van der Waals surface area contributed by atoms with Crippen LogP contribution in [0.5, 0.6) is 0 Å². The zero-order chi connectivity index (χ0) is 26.7. The first-order valence-electron chi connectivity index (χ1n) is 14.9. The number of hydrogen-bond acceptors (Lipinski definition) is 5. The molecule has 0 bridgehead atoms. The Labute approximate surface area is 230 Å². The SMILES string of the molecule is O=C(CN1C(=O)C2(CCCC2)NCC12CCCCCC2)Nc1ccc2c(c1)C[C@@]1(C2)C(=O)NC2=C1C=CCN2. The lowest BCUT2D eigenvalue weighted by Crippen LogP contribution is -2.73. The van der Waals surface area contributed by atoms with E-state index in [9.17, 15) is 14.4 Å². The molecule has 0 aromatic heterocycles. The van der Waals surface area contributed by atoms with Crippen LogP contribution in [0, 0.1) is 5.41 Å². The number of fused-ring (bicyclic) bond motifs is 2. The highest BCUT2D eigenvalue weighted by Gasteiger charge is 2.55. The highest BCUT2D eigenvalue weighted by atomic mass is 16.2. The van der Waals surface area contributed by atoms with E-state index in [1.54, 1.807) is 0 Å². The van der Waals surface area contributed by atoms with Gasteiger partial charge in [-0.2, -0.15) is 0 Å². The van der Waals surface area contributed by atoms with Crippen LogP contribution in [0.2, 0.25) is 0 Å². The van der Waals surface area contributed by atoms with Crippen LogP contribution >= 0.6 is 0 Å². The second-order valence-electron chi connectivity index (χ2n) is 12.7. The van der Waals surface area contributed by atoms with Gasteiger partial charge in [-0.3, -0.25) is 14.4 Å². The number of dihydropyridines is 1. The molecule has 3 amide bonds. The molecule has 6 aliphatic rings. The van der Waals surface area contributed by atoms with E-state index in [1.807, 2.05) is 23.1 Å². The van der Waals surface area contributed by atoms with Crippen molar-refractivity contribution in [2.45, 2.75) is 88.1 Å². The van der Waals surface area contributed by atoms with Gasteiger partial charge in [0.2, 0.25) is 17.7 Å². The lowest BCUT2D eigenvalue weighted by molar-refractivity contribution is -0.154. The first-order valence-corrected chi connectivity index (χ1v) is 14.9. The summed E-state index contributed by atoms with van der Waals surface area (Å²) in [7, 11) is 0. The largest absolute Gasteiger partial charge is 0.368 e. The average molecular weight is 530 g/mol. The maximum atomic E-state index is 14.0. The van der Waals surface area contributed by atoms with Gasteiger partial charge in [-0.1, -0.05) is 56.7 Å². The molecule has 8 heteroatoms. The standard InChI is InChI=1S/C31H39N5O3/c37-25(19-36-28(39)31(13-5-6-14-31)33-20-29(36)11-3-1-2-4-12-29)34-23-10-9-21-17-30(18-22(21)16-23)24-8-7-15-32-26(24)35-27(30)38/h7-10,16,32-33H,1-6,11-15,17-20H2,(H,34,37)(H,35,38)/t30-/m1/s1. The summed E-state index contributed by atoms with van der Waals surface area (Å²) in [6.07, 6.45) is 15.8. The fourth-order valence-electron chi connectivity index (χ4n) is 8.25. The van der Waals surface area contributed by atoms with Crippen LogP contribution in [0.15, 0.2) is 41.7 Å². The summed E-state index contributed by atoms with van der Waals surface area (Å²) in [6, 6.07) is 6.00. The number of allylic oxidation sites excluding steroid dienone is 1. The fraction of sp³-hybridized carbons (Fsp3) is 0.581. The van der Waals surface area contributed by atoms with Crippen LogP contribution in [-0.4, -0.2) is 53.3 Å². The number of nitrogens with zero attached hydrogens (tertiary/aromatic N) is 1. The van der Waals surface area contributed by atoms with Crippen LogP contribution in [0.3, 0.4) is 0 Å². The van der Waals surface area contributed by atoms with Gasteiger partial charge in [-0.05, 0) is 61.8 Å². The van der Waals surface area contributed by atoms with Crippen LogP contribution in [0.4, 0.5) is 5.69 Å². The Balaban J connectivity index is 1.10. The zero-order valence-electron chi connectivity index (χ0n) is 22.7. The van der Waals surface area contributed by atoms with Crippen molar-refractivity contribution in [3.63, 3.8) is 0 Å². The van der Waals surface area contributed by atoms with E-state index in [1.165, 1.54) is 12.8 Å². The van der Waals surface area contributed by atoms with Gasteiger partial charge in [0, 0.05) is 24.4 Å². The highest BCUT2D eigenvalue weighted by molar-refractivity contribution is 5.98. The summed E-state index contributed by atoms with van der Waals surface area (Å²) in [5.41, 5.74) is 2.66. The van der Waals surface area contributed by atoms with Gasteiger partial charge in [-0.15, -0.1) is 0 Å². The van der Waals surface area contributed by atoms with E-state index in [2.05, 4.69) is 33.4 Å². The molecule has 3 spiro atoms. The third-order valence-electron chi connectivity index (χ3n) is 10.4. The molecule has 3 fully saturated rings. The Morgan fingerprint density at radius 2 is 1.69 bits per heavy atom. The van der Waals surface area contributed by atoms with Gasteiger partial charge in [0.25, 0.3) is 0 Å². The minimum Gasteiger partial charge on any atom is -0.368 e. The smallest absolute Gasteiger partial charge is 0.244 e. The lowest BCUT2D eigenvalue weighted by Gasteiger charge is -2.53. The van der Waals surface area contributed by atoms with Crippen molar-refractivity contribution in [2.24, 2.45) is 5.41 Å². The van der Waals surface area contributed by atoms with Crippen LogP contribution < -0.4 is 21.3 Å². The van der Waals surface area contributed by atoms with Gasteiger partial charge in [-0.25, -0.2) is 0 Å². The molecule has 3 aliphatic heterocycles. The molecular formula is C31H39N5O3. The Kier molecular flexibility index (Phi) is 5.88. The summed E-state index contributed by atoms with van der Waals surface area (Å²) in [5.74, 6) is 0.861. The summed E-state index contributed by atoms with van der Waals surface area (Å²) in [4.78, 5) is 42.6. The zero-order valence-corrected chi connectivity index (χ0v) is 22.7. The van der Waals surface area contributed by atoms with Crippen LogP contribution in [0.25, 0.3) is 0 Å². The molecule has 1 aromatic rings. The lowest BCUT2D eigenvalue weighted by atomic mass is 9.78. The number of piperazine rings is 1. The monoisotopic (exact) mass is 529 g/mol. The van der Waals surface area contributed by atoms with Crippen molar-refractivity contribution in [1.82, 2.24) is 20.9 Å². The molecule has 1 saturated heterocycles. The second kappa shape index (κ2) is 9.22. The van der Waals surface area contributed by atoms with Crippen molar-refractivity contribution in [3.05, 3.63) is 52.9 Å². The minimum absolute atomic E-state index is 0.0418. The Hall–Kier alpha value is -3.13. The molecule has 3 heterocycles. The van der Waals surface area contributed by atoms with E-state index >= 15 is 0 Å². The summed E-state index contributed by atoms with van der Waals surface area (Å²) < 4.78 is 0. The summed E-state index contributed by atoms with van der Waals surface area (Å²) in [6.45, 7) is 1.60. The van der Waals surface area contributed by atoms with Gasteiger partial charge >= 0.3 is 0 Å². The first kappa shape index (κ1) is 24.9. The topological polar surface area (TPSA) is 103 Å². The summed E-state index contributed by atoms with van der Waals surface area (Å²) >= 11 is 0. The minimum atomic E-state index is -0.584. The van der Waals surface area contributed by atoms with Crippen LogP contribution in [0.1, 0.15) is 75.3 Å². The van der Waals surface area contributed by atoms with Crippen LogP contribution in [-0.2, 0) is 27.2 Å². The molecule has 3 aliphatic carbocycles.